The molecule has 2 aromatic carbocycles. The highest BCUT2D eigenvalue weighted by atomic mass is 14.4. The maximum absolute atomic E-state index is 4.63. The fraction of sp³-hybridized carbons (Fsp3) is 0.524. The Hall–Kier alpha value is -2.60. The summed E-state index contributed by atoms with van der Waals surface area (Å²) >= 11 is 0. The van der Waals surface area contributed by atoms with E-state index in [9.17, 15) is 0 Å². The quantitative estimate of drug-likeness (QED) is 0.296. The van der Waals surface area contributed by atoms with Crippen molar-refractivity contribution in [1.29, 1.82) is 0 Å². The average Bonchev–Trinajstić information content (AvgIpc) is 3.51. The number of allylic oxidation sites excluding steroid dienone is 5. The van der Waals surface area contributed by atoms with Crippen LogP contribution in [0.3, 0.4) is 0 Å². The van der Waals surface area contributed by atoms with Crippen molar-refractivity contribution in [2.45, 2.75) is 99.3 Å². The van der Waals surface area contributed by atoms with Crippen molar-refractivity contribution < 1.29 is 0 Å². The molecule has 222 valence electrons. The van der Waals surface area contributed by atoms with Crippen molar-refractivity contribution >= 4 is 6.08 Å². The van der Waals surface area contributed by atoms with Gasteiger partial charge in [-0.2, -0.15) is 0 Å². The van der Waals surface area contributed by atoms with Gasteiger partial charge in [0.25, 0.3) is 0 Å². The number of aryl methyl sites for hydroxylation is 2. The van der Waals surface area contributed by atoms with Crippen LogP contribution in [-0.2, 0) is 12.8 Å². The molecule has 4 atom stereocenters. The first kappa shape index (κ1) is 29.5. The SMILES string of the molecule is C=C1C=CC(CC(C)(C)C)C(=C)C1CC1=Cc2cccc(-c3cc(C)cc(C)c3CC3CC(C4CCC(C)C4)C3)c2C1. The summed E-state index contributed by atoms with van der Waals surface area (Å²) in [7, 11) is 0. The predicted octanol–water partition coefficient (Wildman–Crippen LogP) is 11.7. The molecule has 2 saturated carbocycles. The van der Waals surface area contributed by atoms with Crippen LogP contribution >= 0.6 is 0 Å². The van der Waals surface area contributed by atoms with Crippen LogP contribution in [0.4, 0.5) is 0 Å². The van der Waals surface area contributed by atoms with Gasteiger partial charge in [-0.05, 0) is 139 Å². The third kappa shape index (κ3) is 6.06. The summed E-state index contributed by atoms with van der Waals surface area (Å²) in [4.78, 5) is 0. The zero-order valence-electron chi connectivity index (χ0n) is 27.4. The molecule has 0 aliphatic heterocycles. The highest BCUT2D eigenvalue weighted by Gasteiger charge is 2.38. The van der Waals surface area contributed by atoms with Gasteiger partial charge in [0.05, 0.1) is 0 Å². The van der Waals surface area contributed by atoms with E-state index in [4.69, 9.17) is 0 Å². The van der Waals surface area contributed by atoms with Gasteiger partial charge in [-0.3, -0.25) is 0 Å². The van der Waals surface area contributed by atoms with Gasteiger partial charge in [0.2, 0.25) is 0 Å². The van der Waals surface area contributed by atoms with Gasteiger partial charge in [0.15, 0.2) is 0 Å². The standard InChI is InChI=1S/C42H54/c1-26-12-14-33(17-26)36-20-31(21-36)23-39-29(4)16-27(2)18-41(39)37-11-9-10-34-19-32(24-40(34)37)22-38-28(3)13-15-35(30(38)5)25-42(6,7)8/h9-11,13,15-16,18-19,26,31,33,35-36,38H,3,5,12,14,17,20-25H2,1-2,4,6-8H3. The third-order valence-electron chi connectivity index (χ3n) is 11.3. The van der Waals surface area contributed by atoms with E-state index in [1.54, 1.807) is 5.56 Å². The number of hydrogen-bond acceptors (Lipinski definition) is 0. The first-order valence-corrected chi connectivity index (χ1v) is 16.9. The lowest BCUT2D eigenvalue weighted by molar-refractivity contribution is 0.124. The van der Waals surface area contributed by atoms with Crippen molar-refractivity contribution in [3.05, 3.63) is 100 Å². The summed E-state index contributed by atoms with van der Waals surface area (Å²) in [5.74, 6) is 4.60. The van der Waals surface area contributed by atoms with Crippen LogP contribution in [0.1, 0.15) is 100 Å². The lowest BCUT2D eigenvalue weighted by atomic mass is 9.65. The molecule has 2 fully saturated rings. The fourth-order valence-electron chi connectivity index (χ4n) is 8.99. The normalized spacial score (nSPS) is 29.0. The van der Waals surface area contributed by atoms with Gasteiger partial charge in [-0.1, -0.05) is 113 Å². The zero-order valence-corrected chi connectivity index (χ0v) is 27.4. The van der Waals surface area contributed by atoms with Crippen LogP contribution in [-0.4, -0.2) is 0 Å². The Morgan fingerprint density at radius 2 is 1.69 bits per heavy atom. The summed E-state index contributed by atoms with van der Waals surface area (Å²) in [5.41, 5.74) is 14.8. The van der Waals surface area contributed by atoms with Crippen molar-refractivity contribution in [2.24, 2.45) is 40.9 Å². The molecule has 0 heterocycles. The van der Waals surface area contributed by atoms with Crippen LogP contribution in [0.25, 0.3) is 17.2 Å². The second kappa shape index (κ2) is 11.5. The Bertz CT molecular complexity index is 1430. The molecular weight excluding hydrogens is 504 g/mol. The minimum Gasteiger partial charge on any atom is -0.0986 e. The number of fused-ring (bicyclic) bond motifs is 1. The van der Waals surface area contributed by atoms with Crippen LogP contribution in [0.2, 0.25) is 0 Å². The van der Waals surface area contributed by atoms with Gasteiger partial charge in [-0.25, -0.2) is 0 Å². The topological polar surface area (TPSA) is 0 Å². The van der Waals surface area contributed by atoms with E-state index < -0.39 is 0 Å². The monoisotopic (exact) mass is 558 g/mol. The molecule has 42 heavy (non-hydrogen) atoms. The molecular formula is C42H54. The summed E-state index contributed by atoms with van der Waals surface area (Å²) in [6, 6.07) is 11.9. The summed E-state index contributed by atoms with van der Waals surface area (Å²) in [5, 5.41) is 0. The molecule has 4 aliphatic rings. The van der Waals surface area contributed by atoms with E-state index in [1.165, 1.54) is 88.6 Å². The van der Waals surface area contributed by atoms with E-state index in [0.29, 0.717) is 11.8 Å². The second-order valence-corrected chi connectivity index (χ2v) is 16.1. The van der Waals surface area contributed by atoms with E-state index in [0.717, 1.165) is 42.9 Å². The molecule has 0 spiro atoms. The lowest BCUT2D eigenvalue weighted by Gasteiger charge is -2.40. The molecule has 0 saturated heterocycles. The summed E-state index contributed by atoms with van der Waals surface area (Å²) < 4.78 is 0. The Morgan fingerprint density at radius 3 is 2.40 bits per heavy atom. The molecule has 0 radical (unpaired) electrons. The van der Waals surface area contributed by atoms with Crippen molar-refractivity contribution in [1.82, 2.24) is 0 Å². The largest absolute Gasteiger partial charge is 0.0986 e. The predicted molar refractivity (Wildman–Crippen MR) is 183 cm³/mol. The second-order valence-electron chi connectivity index (χ2n) is 16.1. The molecule has 6 rings (SSSR count). The molecule has 0 amide bonds. The maximum Gasteiger partial charge on any atom is 0.00827 e. The third-order valence-corrected chi connectivity index (χ3v) is 11.3. The van der Waals surface area contributed by atoms with Gasteiger partial charge in [-0.15, -0.1) is 0 Å². The molecule has 0 bridgehead atoms. The van der Waals surface area contributed by atoms with Crippen LogP contribution in [0.5, 0.6) is 0 Å². The highest BCUT2D eigenvalue weighted by molar-refractivity contribution is 5.80. The highest BCUT2D eigenvalue weighted by Crippen LogP contribution is 2.49. The lowest BCUT2D eigenvalue weighted by Crippen LogP contribution is -2.30. The van der Waals surface area contributed by atoms with Crippen LogP contribution in [0, 0.1) is 54.8 Å². The average molecular weight is 559 g/mol. The fourth-order valence-corrected chi connectivity index (χ4v) is 8.99. The Balaban J connectivity index is 1.20. The smallest absolute Gasteiger partial charge is 0.00827 e. The molecule has 4 unspecified atom stereocenters. The van der Waals surface area contributed by atoms with Crippen molar-refractivity contribution in [3.63, 3.8) is 0 Å². The summed E-state index contributed by atoms with van der Waals surface area (Å²) in [6.45, 7) is 23.2. The molecule has 2 aromatic rings. The van der Waals surface area contributed by atoms with Crippen molar-refractivity contribution in [3.8, 4) is 11.1 Å². The van der Waals surface area contributed by atoms with Crippen molar-refractivity contribution in [2.75, 3.05) is 0 Å². The van der Waals surface area contributed by atoms with Crippen LogP contribution in [0.15, 0.2) is 72.4 Å². The summed E-state index contributed by atoms with van der Waals surface area (Å²) in [6.07, 6.45) is 18.9. The van der Waals surface area contributed by atoms with Gasteiger partial charge in [0.1, 0.15) is 0 Å². The van der Waals surface area contributed by atoms with Crippen LogP contribution < -0.4 is 0 Å². The van der Waals surface area contributed by atoms with Gasteiger partial charge < -0.3 is 0 Å². The minimum absolute atomic E-state index is 0.290. The van der Waals surface area contributed by atoms with E-state index in [-0.39, 0.29) is 5.41 Å². The van der Waals surface area contributed by atoms with E-state index >= 15 is 0 Å². The van der Waals surface area contributed by atoms with E-state index in [1.807, 2.05) is 0 Å². The van der Waals surface area contributed by atoms with E-state index in [2.05, 4.69) is 103 Å². The number of hydrogen-bond donors (Lipinski definition) is 0. The Morgan fingerprint density at radius 1 is 0.905 bits per heavy atom. The van der Waals surface area contributed by atoms with Gasteiger partial charge >= 0.3 is 0 Å². The molecule has 0 N–H and O–H groups in total. The first-order chi connectivity index (χ1) is 19.9. The number of rotatable bonds is 7. The molecule has 0 nitrogen and oxygen atoms in total. The minimum atomic E-state index is 0.290. The molecule has 0 aromatic heterocycles. The number of benzene rings is 2. The Kier molecular flexibility index (Phi) is 8.06. The molecule has 0 heteroatoms. The Labute approximate surface area is 257 Å². The first-order valence-electron chi connectivity index (χ1n) is 16.9. The molecule has 4 aliphatic carbocycles. The van der Waals surface area contributed by atoms with Gasteiger partial charge in [0, 0.05) is 5.92 Å². The zero-order chi connectivity index (χ0) is 29.8. The maximum atomic E-state index is 4.63.